The van der Waals surface area contributed by atoms with E-state index in [9.17, 15) is 0 Å². The van der Waals surface area contributed by atoms with Crippen molar-refractivity contribution in [1.29, 1.82) is 0 Å². The monoisotopic (exact) mass is 89.1 g/mol. The molecule has 6 heavy (non-hydrogen) atoms. The summed E-state index contributed by atoms with van der Waals surface area (Å²) >= 11 is 0. The van der Waals surface area contributed by atoms with Gasteiger partial charge < -0.3 is 10.5 Å². The van der Waals surface area contributed by atoms with Crippen molar-refractivity contribution >= 4 is 0 Å². The molecule has 0 heterocycles. The molecule has 38 valence electrons. The van der Waals surface area contributed by atoms with Crippen LogP contribution in [0.2, 0.25) is 0 Å². The van der Waals surface area contributed by atoms with E-state index in [1.165, 1.54) is 0 Å². The molecule has 0 amide bonds. The van der Waals surface area contributed by atoms with Gasteiger partial charge >= 0.3 is 0 Å². The minimum atomic E-state index is -0.0648. The van der Waals surface area contributed by atoms with Gasteiger partial charge in [-0.05, 0) is 6.42 Å². The first-order chi connectivity index (χ1) is 2.81. The van der Waals surface area contributed by atoms with Crippen LogP contribution in [0.25, 0.3) is 0 Å². The Morgan fingerprint density at radius 3 is 2.33 bits per heavy atom. The Morgan fingerprint density at radius 2 is 2.33 bits per heavy atom. The number of rotatable bonds is 2. The lowest BCUT2D eigenvalue weighted by Crippen LogP contribution is -2.19. The fourth-order valence-electron chi connectivity index (χ4n) is 0.167. The van der Waals surface area contributed by atoms with Crippen molar-refractivity contribution in [2.45, 2.75) is 19.6 Å². The molecule has 0 aromatic carbocycles. The van der Waals surface area contributed by atoms with E-state index in [0.29, 0.717) is 0 Å². The number of hydrogen-bond donors (Lipinski definition) is 1. The minimum absolute atomic E-state index is 0.0648. The third kappa shape index (κ3) is 2.18. The van der Waals surface area contributed by atoms with Gasteiger partial charge in [0.15, 0.2) is 0 Å². The Bertz CT molecular complexity index is 26.7. The van der Waals surface area contributed by atoms with Crippen LogP contribution < -0.4 is 5.73 Å². The zero-order valence-electron chi connectivity index (χ0n) is 4.27. The molecular formula is C4H11NO. The normalized spacial score (nSPS) is 14.5. The molecule has 0 aliphatic rings. The average Bonchev–Trinajstić information content (AvgIpc) is 1.65. The van der Waals surface area contributed by atoms with Gasteiger partial charge in [-0.3, -0.25) is 0 Å². The Morgan fingerprint density at radius 1 is 1.83 bits per heavy atom. The number of ether oxygens (including phenoxy) is 1. The van der Waals surface area contributed by atoms with Crippen LogP contribution in [-0.4, -0.2) is 13.3 Å². The molecule has 0 aliphatic carbocycles. The highest BCUT2D eigenvalue weighted by Gasteiger charge is 1.88. The topological polar surface area (TPSA) is 35.2 Å². The van der Waals surface area contributed by atoms with E-state index in [2.05, 4.69) is 4.74 Å². The Balaban J connectivity index is 2.75. The third-order valence-electron chi connectivity index (χ3n) is 0.705. The van der Waals surface area contributed by atoms with Crippen LogP contribution in [0, 0.1) is 0 Å². The summed E-state index contributed by atoms with van der Waals surface area (Å²) in [7, 11) is 1.61. The highest BCUT2D eigenvalue weighted by molar-refractivity contribution is 4.35. The Labute approximate surface area is 38.3 Å². The van der Waals surface area contributed by atoms with Crippen molar-refractivity contribution in [3.05, 3.63) is 0 Å². The van der Waals surface area contributed by atoms with Gasteiger partial charge in [-0.25, -0.2) is 0 Å². The van der Waals surface area contributed by atoms with Crippen LogP contribution in [0.15, 0.2) is 0 Å². The fourth-order valence-corrected chi connectivity index (χ4v) is 0.167. The van der Waals surface area contributed by atoms with Crippen LogP contribution in [0.3, 0.4) is 0 Å². The molecule has 1 unspecified atom stereocenters. The zero-order chi connectivity index (χ0) is 4.99. The molecule has 0 rings (SSSR count). The third-order valence-corrected chi connectivity index (χ3v) is 0.705. The minimum Gasteiger partial charge on any atom is -0.367 e. The van der Waals surface area contributed by atoms with Gasteiger partial charge in [0.1, 0.15) is 6.23 Å². The quantitative estimate of drug-likeness (QED) is 0.495. The average molecular weight is 89.1 g/mol. The molecule has 0 spiro atoms. The van der Waals surface area contributed by atoms with Crippen molar-refractivity contribution in [2.24, 2.45) is 5.73 Å². The molecule has 0 aromatic rings. The van der Waals surface area contributed by atoms with Gasteiger partial charge in [0.05, 0.1) is 0 Å². The summed E-state index contributed by atoms with van der Waals surface area (Å²) in [6.45, 7) is 1.98. The largest absolute Gasteiger partial charge is 0.367 e. The first kappa shape index (κ1) is 5.92. The van der Waals surface area contributed by atoms with Crippen molar-refractivity contribution in [3.63, 3.8) is 0 Å². The predicted octanol–water partition coefficient (Wildman–Crippen LogP) is 0.328. The van der Waals surface area contributed by atoms with E-state index >= 15 is 0 Å². The molecule has 0 bridgehead atoms. The number of methoxy groups -OCH3 is 1. The summed E-state index contributed by atoms with van der Waals surface area (Å²) < 4.78 is 4.68. The highest BCUT2D eigenvalue weighted by Crippen LogP contribution is 1.81. The summed E-state index contributed by atoms with van der Waals surface area (Å²) in [5, 5.41) is 0. The lowest BCUT2D eigenvalue weighted by atomic mass is 10.4. The Hall–Kier alpha value is -0.0800. The van der Waals surface area contributed by atoms with E-state index in [4.69, 9.17) is 5.73 Å². The summed E-state index contributed by atoms with van der Waals surface area (Å²) in [5.41, 5.74) is 5.25. The molecule has 2 N–H and O–H groups in total. The molecular weight excluding hydrogens is 78.0 g/mol. The highest BCUT2D eigenvalue weighted by atomic mass is 16.5. The maximum atomic E-state index is 5.25. The van der Waals surface area contributed by atoms with Crippen molar-refractivity contribution in [1.82, 2.24) is 0 Å². The van der Waals surface area contributed by atoms with Crippen molar-refractivity contribution in [2.75, 3.05) is 7.11 Å². The van der Waals surface area contributed by atoms with Gasteiger partial charge in [0.2, 0.25) is 0 Å². The van der Waals surface area contributed by atoms with E-state index in [0.717, 1.165) is 6.42 Å². The van der Waals surface area contributed by atoms with Crippen molar-refractivity contribution < 1.29 is 4.74 Å². The van der Waals surface area contributed by atoms with Gasteiger partial charge in [0, 0.05) is 7.11 Å². The van der Waals surface area contributed by atoms with Crippen LogP contribution in [0.4, 0.5) is 0 Å². The van der Waals surface area contributed by atoms with Crippen LogP contribution in [-0.2, 0) is 4.74 Å². The molecule has 0 saturated carbocycles. The molecule has 0 fully saturated rings. The van der Waals surface area contributed by atoms with Gasteiger partial charge in [-0.1, -0.05) is 6.92 Å². The first-order valence-corrected chi connectivity index (χ1v) is 2.09. The predicted molar refractivity (Wildman–Crippen MR) is 25.3 cm³/mol. The lowest BCUT2D eigenvalue weighted by Gasteiger charge is -2.01. The second kappa shape index (κ2) is 3.12. The smallest absolute Gasteiger partial charge is 0.104 e. The maximum Gasteiger partial charge on any atom is 0.104 e. The zero-order valence-corrected chi connectivity index (χ0v) is 4.27. The molecule has 2 heteroatoms. The number of hydrogen-bond acceptors (Lipinski definition) is 2. The van der Waals surface area contributed by atoms with Gasteiger partial charge in [0.25, 0.3) is 0 Å². The SMILES string of the molecule is CCC(N)OC. The summed E-state index contributed by atoms with van der Waals surface area (Å²) in [5.74, 6) is 0. The lowest BCUT2D eigenvalue weighted by molar-refractivity contribution is 0.105. The van der Waals surface area contributed by atoms with E-state index in [1.807, 2.05) is 6.92 Å². The number of nitrogens with two attached hydrogens (primary N) is 1. The van der Waals surface area contributed by atoms with Crippen molar-refractivity contribution in [3.8, 4) is 0 Å². The maximum absolute atomic E-state index is 5.25. The second-order valence-corrected chi connectivity index (χ2v) is 1.18. The molecule has 2 nitrogen and oxygen atoms in total. The van der Waals surface area contributed by atoms with E-state index < -0.39 is 0 Å². The van der Waals surface area contributed by atoms with Crippen LogP contribution in [0.1, 0.15) is 13.3 Å². The van der Waals surface area contributed by atoms with Gasteiger partial charge in [-0.2, -0.15) is 0 Å². The molecule has 0 aromatic heterocycles. The van der Waals surface area contributed by atoms with Crippen LogP contribution in [0.5, 0.6) is 0 Å². The van der Waals surface area contributed by atoms with E-state index in [-0.39, 0.29) is 6.23 Å². The summed E-state index contributed by atoms with van der Waals surface area (Å²) in [4.78, 5) is 0. The summed E-state index contributed by atoms with van der Waals surface area (Å²) in [6.07, 6.45) is 0.821. The molecule has 0 saturated heterocycles. The fraction of sp³-hybridized carbons (Fsp3) is 1.00. The molecule has 0 radical (unpaired) electrons. The van der Waals surface area contributed by atoms with Gasteiger partial charge in [-0.15, -0.1) is 0 Å². The second-order valence-electron chi connectivity index (χ2n) is 1.18. The molecule has 1 atom stereocenters. The first-order valence-electron chi connectivity index (χ1n) is 2.09. The van der Waals surface area contributed by atoms with E-state index in [1.54, 1.807) is 7.11 Å². The standard InChI is InChI=1S/C4H11NO/c1-3-4(5)6-2/h4H,3,5H2,1-2H3. The molecule has 0 aliphatic heterocycles. The Kier molecular flexibility index (Phi) is 3.08. The summed E-state index contributed by atoms with van der Waals surface area (Å²) in [6, 6.07) is 0. The van der Waals surface area contributed by atoms with Crippen LogP contribution >= 0.6 is 0 Å².